The van der Waals surface area contributed by atoms with Gasteiger partial charge in [0.1, 0.15) is 6.73 Å². The van der Waals surface area contributed by atoms with Gasteiger partial charge in [-0.3, -0.25) is 9.69 Å². The highest BCUT2D eigenvalue weighted by molar-refractivity contribution is 6.76. The molecule has 0 saturated heterocycles. The van der Waals surface area contributed by atoms with Crippen LogP contribution in [0.25, 0.3) is 0 Å². The third-order valence-electron chi connectivity index (χ3n) is 3.32. The second-order valence-electron chi connectivity index (χ2n) is 6.53. The maximum atomic E-state index is 5.83. The Morgan fingerprint density at radius 2 is 2.09 bits per heavy atom. The first-order chi connectivity index (χ1) is 10.3. The summed E-state index contributed by atoms with van der Waals surface area (Å²) in [7, 11) is 2.90. The normalized spacial score (nSPS) is 12.1. The second-order valence-corrected chi connectivity index (χ2v) is 12.2. The predicted molar refractivity (Wildman–Crippen MR) is 97.7 cm³/mol. The summed E-state index contributed by atoms with van der Waals surface area (Å²) in [6.45, 7) is 14.2. The number of anilines is 1. The quantitative estimate of drug-likeness (QED) is 0.311. The Hall–Kier alpha value is -1.47. The van der Waals surface area contributed by atoms with Gasteiger partial charge >= 0.3 is 0 Å². The molecular formula is C15H31N5OSi. The molecule has 1 heterocycles. The van der Waals surface area contributed by atoms with Gasteiger partial charge in [0.2, 0.25) is 0 Å². The summed E-state index contributed by atoms with van der Waals surface area (Å²) in [5, 5.41) is 1.90. The van der Waals surface area contributed by atoms with Crippen LogP contribution in [0.15, 0.2) is 17.8 Å². The van der Waals surface area contributed by atoms with E-state index >= 15 is 0 Å². The van der Waals surface area contributed by atoms with Crippen LogP contribution in [0.3, 0.4) is 0 Å². The van der Waals surface area contributed by atoms with E-state index in [2.05, 4.69) is 43.6 Å². The zero-order valence-corrected chi connectivity index (χ0v) is 15.9. The summed E-state index contributed by atoms with van der Waals surface area (Å²) in [5.41, 5.74) is 3.05. The fourth-order valence-electron chi connectivity index (χ4n) is 2.02. The van der Waals surface area contributed by atoms with E-state index in [-0.39, 0.29) is 0 Å². The molecule has 126 valence electrons. The van der Waals surface area contributed by atoms with Crippen LogP contribution in [0, 0.1) is 0 Å². The highest BCUT2D eigenvalue weighted by Gasteiger charge is 2.21. The number of aromatic nitrogens is 2. The topological polar surface area (TPSA) is 46.7 Å². The van der Waals surface area contributed by atoms with Gasteiger partial charge in [-0.1, -0.05) is 33.1 Å². The second kappa shape index (κ2) is 8.24. The van der Waals surface area contributed by atoms with Gasteiger partial charge in [-0.25, -0.2) is 9.67 Å². The van der Waals surface area contributed by atoms with Crippen LogP contribution >= 0.6 is 0 Å². The van der Waals surface area contributed by atoms with Gasteiger partial charge in [0.05, 0.1) is 0 Å². The molecule has 0 atom stereocenters. The number of hydrogen-bond acceptors (Lipinski definition) is 4. The molecule has 1 aromatic heterocycles. The number of ether oxygens (including phenoxy) is 1. The van der Waals surface area contributed by atoms with E-state index in [1.54, 1.807) is 6.20 Å². The third kappa shape index (κ3) is 5.06. The van der Waals surface area contributed by atoms with Crippen LogP contribution in [0.1, 0.15) is 13.3 Å². The lowest BCUT2D eigenvalue weighted by Crippen LogP contribution is -2.37. The molecule has 6 nitrogen and oxygen atoms in total. The van der Waals surface area contributed by atoms with Gasteiger partial charge in [-0.05, 0) is 12.5 Å². The first-order valence-corrected chi connectivity index (χ1v) is 11.5. The highest BCUT2D eigenvalue weighted by atomic mass is 28.3. The van der Waals surface area contributed by atoms with Crippen molar-refractivity contribution in [2.75, 3.05) is 18.7 Å². The lowest BCUT2D eigenvalue weighted by molar-refractivity contribution is 0.0670. The van der Waals surface area contributed by atoms with Crippen molar-refractivity contribution in [2.24, 2.45) is 12.0 Å². The van der Waals surface area contributed by atoms with Crippen LogP contribution in [0.5, 0.6) is 0 Å². The van der Waals surface area contributed by atoms with E-state index in [9.17, 15) is 0 Å². The Balaban J connectivity index is 2.75. The minimum absolute atomic E-state index is 0.531. The van der Waals surface area contributed by atoms with Gasteiger partial charge in [0, 0.05) is 41.2 Å². The molecule has 1 N–H and O–H groups in total. The first-order valence-electron chi connectivity index (χ1n) is 7.78. The van der Waals surface area contributed by atoms with Crippen molar-refractivity contribution in [2.45, 2.75) is 45.8 Å². The molecule has 0 aliphatic heterocycles. The predicted octanol–water partition coefficient (Wildman–Crippen LogP) is 3.34. The Morgan fingerprint density at radius 3 is 2.64 bits per heavy atom. The van der Waals surface area contributed by atoms with Crippen molar-refractivity contribution in [3.05, 3.63) is 12.8 Å². The molecule has 1 aromatic rings. The highest BCUT2D eigenvalue weighted by Crippen LogP contribution is 2.31. The molecule has 0 fully saturated rings. The lowest BCUT2D eigenvalue weighted by Gasteiger charge is -2.32. The summed E-state index contributed by atoms with van der Waals surface area (Å²) in [6.07, 6.45) is 4.47. The molecular weight excluding hydrogens is 294 g/mol. The maximum absolute atomic E-state index is 5.83. The number of nitrogens with zero attached hydrogens (tertiary/aromatic N) is 4. The van der Waals surface area contributed by atoms with Crippen molar-refractivity contribution in [1.29, 1.82) is 0 Å². The largest absolute Gasteiger partial charge is 0.360 e. The van der Waals surface area contributed by atoms with Crippen molar-refractivity contribution < 1.29 is 4.74 Å². The van der Waals surface area contributed by atoms with Crippen LogP contribution in [0.4, 0.5) is 11.6 Å². The van der Waals surface area contributed by atoms with Gasteiger partial charge in [0.15, 0.2) is 11.6 Å². The van der Waals surface area contributed by atoms with E-state index in [0.717, 1.165) is 24.7 Å². The Bertz CT molecular complexity index is 498. The number of hydrogen-bond donors (Lipinski definition) is 1. The summed E-state index contributed by atoms with van der Waals surface area (Å²) in [6, 6.07) is 1.17. The van der Waals surface area contributed by atoms with Crippen molar-refractivity contribution in [1.82, 2.24) is 14.8 Å². The molecule has 1 rings (SSSR count). The van der Waals surface area contributed by atoms with E-state index in [4.69, 9.17) is 4.74 Å². The van der Waals surface area contributed by atoms with Gasteiger partial charge < -0.3 is 10.2 Å². The van der Waals surface area contributed by atoms with Gasteiger partial charge in [-0.2, -0.15) is 0 Å². The smallest absolute Gasteiger partial charge is 0.194 e. The summed E-state index contributed by atoms with van der Waals surface area (Å²) >= 11 is 0. The molecule has 0 amide bonds. The molecule has 0 unspecified atom stereocenters. The fourth-order valence-corrected chi connectivity index (χ4v) is 2.77. The Morgan fingerprint density at radius 1 is 1.41 bits per heavy atom. The average Bonchev–Trinajstić information content (AvgIpc) is 2.41. The number of nitrogens with one attached hydrogen (secondary N) is 1. The summed E-state index contributed by atoms with van der Waals surface area (Å²) in [4.78, 5) is 4.54. The minimum Gasteiger partial charge on any atom is -0.360 e. The molecule has 0 saturated carbocycles. The monoisotopic (exact) mass is 325 g/mol. The molecule has 0 spiro atoms. The molecule has 0 aliphatic carbocycles. The Labute approximate surface area is 135 Å². The van der Waals surface area contributed by atoms with Crippen LogP contribution in [-0.4, -0.2) is 37.3 Å². The van der Waals surface area contributed by atoms with Gasteiger partial charge in [0.25, 0.3) is 0 Å². The number of rotatable bonds is 10. The van der Waals surface area contributed by atoms with Crippen molar-refractivity contribution in [3.63, 3.8) is 0 Å². The fraction of sp³-hybridized carbons (Fsp3) is 0.667. The zero-order valence-electron chi connectivity index (χ0n) is 14.9. The molecule has 0 aliphatic rings. The Kier molecular flexibility index (Phi) is 6.95. The van der Waals surface area contributed by atoms with Crippen molar-refractivity contribution >= 4 is 25.9 Å². The SMILES string of the molecule is C=CNN(C)c1c(/N=C\CC)n(COCC[Si](C)(C)C)n1C. The third-order valence-corrected chi connectivity index (χ3v) is 5.03. The zero-order chi connectivity index (χ0) is 16.8. The minimum atomic E-state index is -1.05. The standard InChI is InChI=1S/C15H31N5OSi/c1-8-10-16-14-15(18(3)17-9-2)19(4)20(14)13-21-11-12-22(5,6)7/h9-10,17H,2,8,11-13H2,1,3-7H3/b16-10-. The molecule has 0 radical (unpaired) electrons. The van der Waals surface area contributed by atoms with Crippen LogP contribution < -0.4 is 10.4 Å². The van der Waals surface area contributed by atoms with Crippen LogP contribution in [0.2, 0.25) is 25.7 Å². The maximum Gasteiger partial charge on any atom is 0.194 e. The molecule has 0 aromatic carbocycles. The van der Waals surface area contributed by atoms with Crippen LogP contribution in [-0.2, 0) is 18.5 Å². The first kappa shape index (κ1) is 18.6. The van der Waals surface area contributed by atoms with Gasteiger partial charge in [-0.15, -0.1) is 0 Å². The number of hydrazine groups is 1. The van der Waals surface area contributed by atoms with E-state index in [1.165, 1.54) is 6.04 Å². The lowest BCUT2D eigenvalue weighted by atomic mass is 10.5. The average molecular weight is 326 g/mol. The molecule has 22 heavy (non-hydrogen) atoms. The molecule has 7 heteroatoms. The molecule has 0 bridgehead atoms. The van der Waals surface area contributed by atoms with E-state index in [0.29, 0.717) is 6.73 Å². The summed E-state index contributed by atoms with van der Waals surface area (Å²) in [5.74, 6) is 1.91. The van der Waals surface area contributed by atoms with E-state index < -0.39 is 8.07 Å². The van der Waals surface area contributed by atoms with E-state index in [1.807, 2.05) is 34.7 Å². The number of aliphatic imine (C=N–C) groups is 1. The van der Waals surface area contributed by atoms with Crippen molar-refractivity contribution in [3.8, 4) is 0 Å². The summed E-state index contributed by atoms with van der Waals surface area (Å²) < 4.78 is 9.90.